The van der Waals surface area contributed by atoms with Gasteiger partial charge in [-0.1, -0.05) is 0 Å². The maximum Gasteiger partial charge on any atom is 0.254 e. The van der Waals surface area contributed by atoms with Crippen molar-refractivity contribution in [2.45, 2.75) is 13.0 Å². The van der Waals surface area contributed by atoms with E-state index in [0.29, 0.717) is 25.5 Å². The molecule has 0 bridgehead atoms. The number of anilines is 1. The molecule has 7 nitrogen and oxygen atoms in total. The molecule has 0 radical (unpaired) electrons. The third-order valence-electron chi connectivity index (χ3n) is 3.15. The first-order chi connectivity index (χ1) is 8.79. The zero-order valence-corrected chi connectivity index (χ0v) is 10.3. The molecule has 3 rings (SSSR count). The molecule has 2 aromatic rings. The molecular formula is C11H16N6O. The van der Waals surface area contributed by atoms with E-state index < -0.39 is 0 Å². The maximum atomic E-state index is 5.81. The van der Waals surface area contributed by atoms with E-state index >= 15 is 0 Å². The zero-order valence-electron chi connectivity index (χ0n) is 10.3. The monoisotopic (exact) mass is 248 g/mol. The average molecular weight is 248 g/mol. The summed E-state index contributed by atoms with van der Waals surface area (Å²) in [5.41, 5.74) is 6.73. The van der Waals surface area contributed by atoms with Crippen molar-refractivity contribution >= 4 is 11.6 Å². The second-order valence-corrected chi connectivity index (χ2v) is 4.39. The van der Waals surface area contributed by atoms with Crippen molar-refractivity contribution in [2.75, 3.05) is 31.2 Å². The average Bonchev–Trinajstić information content (AvgIpc) is 2.85. The smallest absolute Gasteiger partial charge is 0.254 e. The number of morpholine rings is 1. The summed E-state index contributed by atoms with van der Waals surface area (Å²) < 4.78 is 7.22. The van der Waals surface area contributed by atoms with E-state index in [1.165, 1.54) is 6.33 Å². The number of ether oxygens (including phenoxy) is 1. The zero-order chi connectivity index (χ0) is 12.5. The van der Waals surface area contributed by atoms with Gasteiger partial charge in [0, 0.05) is 24.8 Å². The molecule has 0 aromatic carbocycles. The quantitative estimate of drug-likeness (QED) is 0.778. The number of hydrogen-bond acceptors (Lipinski definition) is 6. The van der Waals surface area contributed by atoms with E-state index in [0.717, 1.165) is 18.1 Å². The SMILES string of the molecule is Cc1cc(N2CCOCC2CN)n2ncnc2n1. The Morgan fingerprint density at radius 2 is 2.44 bits per heavy atom. The highest BCUT2D eigenvalue weighted by molar-refractivity contribution is 5.48. The van der Waals surface area contributed by atoms with Gasteiger partial charge >= 0.3 is 0 Å². The minimum absolute atomic E-state index is 0.174. The highest BCUT2D eigenvalue weighted by Crippen LogP contribution is 2.20. The minimum atomic E-state index is 0.174. The molecule has 1 atom stereocenters. The lowest BCUT2D eigenvalue weighted by Crippen LogP contribution is -2.50. The number of rotatable bonds is 2. The highest BCUT2D eigenvalue weighted by atomic mass is 16.5. The molecule has 18 heavy (non-hydrogen) atoms. The van der Waals surface area contributed by atoms with Gasteiger partial charge in [0.2, 0.25) is 0 Å². The van der Waals surface area contributed by atoms with Crippen LogP contribution in [0.25, 0.3) is 5.78 Å². The number of hydrogen-bond donors (Lipinski definition) is 1. The summed E-state index contributed by atoms with van der Waals surface area (Å²) in [6.45, 7) is 4.66. The fourth-order valence-corrected chi connectivity index (χ4v) is 2.27. The summed E-state index contributed by atoms with van der Waals surface area (Å²) in [5, 5.41) is 4.22. The lowest BCUT2D eigenvalue weighted by atomic mass is 10.2. The molecule has 0 saturated carbocycles. The summed E-state index contributed by atoms with van der Waals surface area (Å²) in [6, 6.07) is 2.18. The van der Waals surface area contributed by atoms with Crippen LogP contribution in [0.15, 0.2) is 12.4 Å². The van der Waals surface area contributed by atoms with Crippen molar-refractivity contribution < 1.29 is 4.74 Å². The van der Waals surface area contributed by atoms with E-state index in [1.54, 1.807) is 4.52 Å². The van der Waals surface area contributed by atoms with Crippen LogP contribution >= 0.6 is 0 Å². The fourth-order valence-electron chi connectivity index (χ4n) is 2.27. The standard InChI is InChI=1S/C11H16N6O/c1-8-4-10(17-11(15-8)13-7-14-17)16-2-3-18-6-9(16)5-12/h4,7,9H,2-3,5-6,12H2,1H3. The second-order valence-electron chi connectivity index (χ2n) is 4.39. The molecule has 0 spiro atoms. The van der Waals surface area contributed by atoms with E-state index in [1.807, 2.05) is 13.0 Å². The third-order valence-corrected chi connectivity index (χ3v) is 3.15. The summed E-state index contributed by atoms with van der Waals surface area (Å²) in [6.07, 6.45) is 1.52. The number of nitrogens with two attached hydrogens (primary N) is 1. The van der Waals surface area contributed by atoms with Gasteiger partial charge in [-0.2, -0.15) is 14.6 Å². The van der Waals surface area contributed by atoms with Crippen molar-refractivity contribution in [2.24, 2.45) is 5.73 Å². The van der Waals surface area contributed by atoms with Crippen molar-refractivity contribution in [3.8, 4) is 0 Å². The minimum Gasteiger partial charge on any atom is -0.377 e. The molecule has 96 valence electrons. The molecule has 2 N–H and O–H groups in total. The molecule has 2 aromatic heterocycles. The first-order valence-electron chi connectivity index (χ1n) is 6.01. The fraction of sp³-hybridized carbons (Fsp3) is 0.545. The van der Waals surface area contributed by atoms with Crippen molar-refractivity contribution in [3.05, 3.63) is 18.1 Å². The Morgan fingerprint density at radius 1 is 1.56 bits per heavy atom. The van der Waals surface area contributed by atoms with Gasteiger partial charge < -0.3 is 15.4 Å². The van der Waals surface area contributed by atoms with Gasteiger partial charge in [0.25, 0.3) is 5.78 Å². The van der Waals surface area contributed by atoms with E-state index in [9.17, 15) is 0 Å². The molecule has 0 amide bonds. The molecule has 0 aliphatic carbocycles. The van der Waals surface area contributed by atoms with Crippen LogP contribution in [0.4, 0.5) is 5.82 Å². The first-order valence-corrected chi connectivity index (χ1v) is 6.01. The number of fused-ring (bicyclic) bond motifs is 1. The van der Waals surface area contributed by atoms with Gasteiger partial charge in [0.1, 0.15) is 12.1 Å². The van der Waals surface area contributed by atoms with E-state index in [-0.39, 0.29) is 6.04 Å². The van der Waals surface area contributed by atoms with Crippen LogP contribution in [0.2, 0.25) is 0 Å². The van der Waals surface area contributed by atoms with Crippen LogP contribution in [-0.2, 0) is 4.74 Å². The molecule has 1 saturated heterocycles. The Hall–Kier alpha value is -1.73. The van der Waals surface area contributed by atoms with Crippen LogP contribution in [0.3, 0.4) is 0 Å². The van der Waals surface area contributed by atoms with Gasteiger partial charge in [-0.15, -0.1) is 0 Å². The van der Waals surface area contributed by atoms with Crippen LogP contribution in [0, 0.1) is 6.92 Å². The Labute approximate surface area is 105 Å². The number of aryl methyl sites for hydroxylation is 1. The summed E-state index contributed by atoms with van der Waals surface area (Å²) >= 11 is 0. The molecule has 3 heterocycles. The van der Waals surface area contributed by atoms with E-state index in [4.69, 9.17) is 10.5 Å². The summed E-state index contributed by atoms with van der Waals surface area (Å²) in [4.78, 5) is 10.7. The van der Waals surface area contributed by atoms with Crippen LogP contribution < -0.4 is 10.6 Å². The molecular weight excluding hydrogens is 232 g/mol. The topological polar surface area (TPSA) is 81.6 Å². The predicted octanol–water partition coefficient (Wildman–Crippen LogP) is -0.403. The molecule has 1 fully saturated rings. The molecule has 7 heteroatoms. The Kier molecular flexibility index (Phi) is 2.85. The van der Waals surface area contributed by atoms with Crippen molar-refractivity contribution in [3.63, 3.8) is 0 Å². The lowest BCUT2D eigenvalue weighted by Gasteiger charge is -2.36. The molecule has 1 unspecified atom stereocenters. The van der Waals surface area contributed by atoms with Crippen molar-refractivity contribution in [1.82, 2.24) is 19.6 Å². The number of nitrogens with zero attached hydrogens (tertiary/aromatic N) is 5. The predicted molar refractivity (Wildman–Crippen MR) is 66.5 cm³/mol. The second kappa shape index (κ2) is 4.51. The lowest BCUT2D eigenvalue weighted by molar-refractivity contribution is 0.0956. The Balaban J connectivity index is 2.08. The van der Waals surface area contributed by atoms with E-state index in [2.05, 4.69) is 20.0 Å². The molecule has 1 aliphatic rings. The maximum absolute atomic E-state index is 5.81. The van der Waals surface area contributed by atoms with Gasteiger partial charge in [0.15, 0.2) is 0 Å². The van der Waals surface area contributed by atoms with Gasteiger partial charge in [-0.05, 0) is 6.92 Å². The van der Waals surface area contributed by atoms with Crippen LogP contribution in [-0.4, -0.2) is 51.9 Å². The highest BCUT2D eigenvalue weighted by Gasteiger charge is 2.24. The first kappa shape index (κ1) is 11.4. The summed E-state index contributed by atoms with van der Waals surface area (Å²) in [7, 11) is 0. The normalized spacial score (nSPS) is 20.6. The van der Waals surface area contributed by atoms with Gasteiger partial charge in [0.05, 0.1) is 19.3 Å². The van der Waals surface area contributed by atoms with Gasteiger partial charge in [-0.3, -0.25) is 0 Å². The van der Waals surface area contributed by atoms with Gasteiger partial charge in [-0.25, -0.2) is 4.98 Å². The number of aromatic nitrogens is 4. The Bertz CT molecular complexity index is 553. The summed E-state index contributed by atoms with van der Waals surface area (Å²) in [5.74, 6) is 1.60. The third kappa shape index (κ3) is 1.81. The largest absolute Gasteiger partial charge is 0.377 e. The molecule has 1 aliphatic heterocycles. The van der Waals surface area contributed by atoms with Crippen molar-refractivity contribution in [1.29, 1.82) is 0 Å². The van der Waals surface area contributed by atoms with Crippen LogP contribution in [0.5, 0.6) is 0 Å². The Morgan fingerprint density at radius 3 is 3.28 bits per heavy atom. The van der Waals surface area contributed by atoms with Crippen LogP contribution in [0.1, 0.15) is 5.69 Å².